The standard InChI is InChI=1S/C18H20N8O2/c1-11-6-15-20-10-21-26(15)9-13(11)22-17-19-7-14-16(23-17)25(18(27)24(14)2)8-12-4-3-5-28-12/h6-7,9-10,12H,3-5,8H2,1-2H3,(H,19,22,23). The van der Waals surface area contributed by atoms with Crippen molar-refractivity contribution in [2.75, 3.05) is 11.9 Å². The number of ether oxygens (including phenoxy) is 1. The highest BCUT2D eigenvalue weighted by molar-refractivity contribution is 5.73. The molecule has 1 N–H and O–H groups in total. The average Bonchev–Trinajstić information content (AvgIpc) is 3.40. The molecule has 0 aliphatic carbocycles. The van der Waals surface area contributed by atoms with Crippen LogP contribution in [0.5, 0.6) is 0 Å². The molecule has 1 unspecified atom stereocenters. The zero-order valence-electron chi connectivity index (χ0n) is 15.7. The molecule has 5 rings (SSSR count). The van der Waals surface area contributed by atoms with Crippen molar-refractivity contribution >= 4 is 28.4 Å². The van der Waals surface area contributed by atoms with Crippen LogP contribution in [0, 0.1) is 6.92 Å². The van der Waals surface area contributed by atoms with E-state index < -0.39 is 0 Å². The monoisotopic (exact) mass is 380 g/mol. The number of rotatable bonds is 4. The maximum Gasteiger partial charge on any atom is 0.330 e. The third-order valence-electron chi connectivity index (χ3n) is 5.16. The molecule has 0 amide bonds. The van der Waals surface area contributed by atoms with Crippen molar-refractivity contribution in [1.29, 1.82) is 0 Å². The molecule has 5 heterocycles. The molecule has 1 saturated heterocycles. The number of aryl methyl sites for hydroxylation is 2. The van der Waals surface area contributed by atoms with Gasteiger partial charge in [-0.3, -0.25) is 9.13 Å². The minimum atomic E-state index is -0.114. The van der Waals surface area contributed by atoms with Gasteiger partial charge in [-0.05, 0) is 31.4 Å². The lowest BCUT2D eigenvalue weighted by Crippen LogP contribution is -2.27. The molecule has 0 saturated carbocycles. The van der Waals surface area contributed by atoms with Crippen molar-refractivity contribution in [2.45, 2.75) is 32.4 Å². The number of hydrogen-bond acceptors (Lipinski definition) is 7. The highest BCUT2D eigenvalue weighted by Gasteiger charge is 2.21. The second-order valence-electron chi connectivity index (χ2n) is 7.05. The minimum absolute atomic E-state index is 0.0478. The van der Waals surface area contributed by atoms with Crippen LogP contribution in [-0.4, -0.2) is 46.4 Å². The molecule has 0 bridgehead atoms. The van der Waals surface area contributed by atoms with Gasteiger partial charge in [0.15, 0.2) is 11.3 Å². The maximum absolute atomic E-state index is 12.7. The summed E-state index contributed by atoms with van der Waals surface area (Å²) >= 11 is 0. The molecular formula is C18H20N8O2. The van der Waals surface area contributed by atoms with Gasteiger partial charge in [0.2, 0.25) is 5.95 Å². The fourth-order valence-corrected chi connectivity index (χ4v) is 3.60. The van der Waals surface area contributed by atoms with E-state index in [2.05, 4.69) is 25.4 Å². The van der Waals surface area contributed by atoms with Crippen molar-refractivity contribution in [2.24, 2.45) is 7.05 Å². The Morgan fingerprint density at radius 1 is 1.36 bits per heavy atom. The van der Waals surface area contributed by atoms with Gasteiger partial charge in [-0.1, -0.05) is 0 Å². The van der Waals surface area contributed by atoms with E-state index in [9.17, 15) is 4.79 Å². The lowest BCUT2D eigenvalue weighted by molar-refractivity contribution is 0.0969. The van der Waals surface area contributed by atoms with E-state index in [1.165, 1.54) is 6.33 Å². The molecule has 1 aliphatic heterocycles. The topological polar surface area (TPSA) is 104 Å². The fraction of sp³-hybridized carbons (Fsp3) is 0.389. The van der Waals surface area contributed by atoms with Crippen LogP contribution in [-0.2, 0) is 18.3 Å². The van der Waals surface area contributed by atoms with E-state index >= 15 is 0 Å². The predicted octanol–water partition coefficient (Wildman–Crippen LogP) is 1.40. The molecule has 0 aromatic carbocycles. The summed E-state index contributed by atoms with van der Waals surface area (Å²) in [5.41, 5.74) is 3.76. The smallest absolute Gasteiger partial charge is 0.330 e. The molecule has 1 aliphatic rings. The van der Waals surface area contributed by atoms with Gasteiger partial charge in [-0.15, -0.1) is 0 Å². The van der Waals surface area contributed by atoms with Crippen molar-refractivity contribution in [3.8, 4) is 0 Å². The second kappa shape index (κ2) is 6.41. The third-order valence-corrected chi connectivity index (χ3v) is 5.16. The molecule has 10 heteroatoms. The first-order valence-corrected chi connectivity index (χ1v) is 9.21. The van der Waals surface area contributed by atoms with Gasteiger partial charge in [0.05, 0.1) is 30.7 Å². The number of aromatic nitrogens is 7. The molecular weight excluding hydrogens is 360 g/mol. The predicted molar refractivity (Wildman–Crippen MR) is 103 cm³/mol. The van der Waals surface area contributed by atoms with Crippen LogP contribution in [0.1, 0.15) is 18.4 Å². The Labute approximate surface area is 159 Å². The first-order chi connectivity index (χ1) is 13.6. The van der Waals surface area contributed by atoms with E-state index in [0.717, 1.165) is 36.3 Å². The molecule has 0 radical (unpaired) electrons. The Kier molecular flexibility index (Phi) is 3.86. The number of fused-ring (bicyclic) bond motifs is 2. The summed E-state index contributed by atoms with van der Waals surface area (Å²) in [6.45, 7) is 3.22. The van der Waals surface area contributed by atoms with Gasteiger partial charge in [-0.25, -0.2) is 19.3 Å². The summed E-state index contributed by atoms with van der Waals surface area (Å²) < 4.78 is 10.6. The van der Waals surface area contributed by atoms with Gasteiger partial charge in [0, 0.05) is 13.7 Å². The Balaban J connectivity index is 1.54. The molecule has 4 aromatic rings. The highest BCUT2D eigenvalue weighted by Crippen LogP contribution is 2.21. The average molecular weight is 380 g/mol. The first-order valence-electron chi connectivity index (χ1n) is 9.21. The van der Waals surface area contributed by atoms with E-state index in [-0.39, 0.29) is 11.8 Å². The fourth-order valence-electron chi connectivity index (χ4n) is 3.60. The third kappa shape index (κ3) is 2.73. The zero-order valence-corrected chi connectivity index (χ0v) is 15.7. The zero-order chi connectivity index (χ0) is 19.3. The largest absolute Gasteiger partial charge is 0.376 e. The van der Waals surface area contributed by atoms with Crippen LogP contribution in [0.4, 0.5) is 11.6 Å². The molecule has 10 nitrogen and oxygen atoms in total. The highest BCUT2D eigenvalue weighted by atomic mass is 16.5. The number of anilines is 2. The van der Waals surface area contributed by atoms with Crippen LogP contribution in [0.2, 0.25) is 0 Å². The van der Waals surface area contributed by atoms with E-state index in [1.54, 1.807) is 26.9 Å². The quantitative estimate of drug-likeness (QED) is 0.571. The number of hydrogen-bond donors (Lipinski definition) is 1. The lowest BCUT2D eigenvalue weighted by atomic mass is 10.2. The minimum Gasteiger partial charge on any atom is -0.376 e. The van der Waals surface area contributed by atoms with E-state index in [4.69, 9.17) is 4.74 Å². The van der Waals surface area contributed by atoms with E-state index in [0.29, 0.717) is 23.7 Å². The van der Waals surface area contributed by atoms with Crippen LogP contribution in [0.25, 0.3) is 16.8 Å². The summed E-state index contributed by atoms with van der Waals surface area (Å²) in [4.78, 5) is 25.9. The summed E-state index contributed by atoms with van der Waals surface area (Å²) in [7, 11) is 1.73. The van der Waals surface area contributed by atoms with Crippen molar-refractivity contribution in [1.82, 2.24) is 33.7 Å². The van der Waals surface area contributed by atoms with Crippen molar-refractivity contribution in [3.63, 3.8) is 0 Å². The van der Waals surface area contributed by atoms with Crippen molar-refractivity contribution in [3.05, 3.63) is 40.8 Å². The second-order valence-corrected chi connectivity index (χ2v) is 7.05. The van der Waals surface area contributed by atoms with Gasteiger partial charge in [0.1, 0.15) is 11.8 Å². The number of pyridine rings is 1. The summed E-state index contributed by atoms with van der Waals surface area (Å²) in [6.07, 6.45) is 7.05. The number of nitrogens with zero attached hydrogens (tertiary/aromatic N) is 7. The number of nitrogens with one attached hydrogen (secondary N) is 1. The van der Waals surface area contributed by atoms with Gasteiger partial charge < -0.3 is 10.1 Å². The molecule has 144 valence electrons. The summed E-state index contributed by atoms with van der Waals surface area (Å²) in [5.74, 6) is 0.418. The lowest BCUT2D eigenvalue weighted by Gasteiger charge is -2.11. The Morgan fingerprint density at radius 3 is 3.07 bits per heavy atom. The Bertz CT molecular complexity index is 1230. The van der Waals surface area contributed by atoms with Gasteiger partial charge in [0.25, 0.3) is 0 Å². The molecule has 4 aromatic heterocycles. The van der Waals surface area contributed by atoms with E-state index in [1.807, 2.05) is 19.2 Å². The normalized spacial score (nSPS) is 17.0. The molecule has 0 spiro atoms. The number of imidazole rings is 1. The summed E-state index contributed by atoms with van der Waals surface area (Å²) in [6, 6.07) is 1.93. The Morgan fingerprint density at radius 2 is 2.25 bits per heavy atom. The maximum atomic E-state index is 12.7. The Hall–Kier alpha value is -3.27. The van der Waals surface area contributed by atoms with Crippen molar-refractivity contribution < 1.29 is 4.74 Å². The molecule has 28 heavy (non-hydrogen) atoms. The molecule has 1 atom stereocenters. The van der Waals surface area contributed by atoms with Gasteiger partial charge in [-0.2, -0.15) is 10.1 Å². The molecule has 1 fully saturated rings. The summed E-state index contributed by atoms with van der Waals surface area (Å²) in [5, 5.41) is 7.39. The van der Waals surface area contributed by atoms with Crippen LogP contribution in [0.15, 0.2) is 29.6 Å². The van der Waals surface area contributed by atoms with Crippen LogP contribution in [0.3, 0.4) is 0 Å². The first kappa shape index (κ1) is 16.9. The SMILES string of the molecule is Cc1cc2ncnn2cc1Nc1ncc2c(n1)n(CC1CCCO1)c(=O)n2C. The van der Waals surface area contributed by atoms with Crippen LogP contribution >= 0.6 is 0 Å². The van der Waals surface area contributed by atoms with Crippen LogP contribution < -0.4 is 11.0 Å². The van der Waals surface area contributed by atoms with Gasteiger partial charge >= 0.3 is 5.69 Å².